The molecule has 2 aromatic carbocycles. The predicted octanol–water partition coefficient (Wildman–Crippen LogP) is 4.08. The van der Waals surface area contributed by atoms with Gasteiger partial charge in [-0.25, -0.2) is 0 Å². The molecule has 2 heterocycles. The second-order valence-corrected chi connectivity index (χ2v) is 8.24. The number of benzene rings is 2. The van der Waals surface area contributed by atoms with Gasteiger partial charge in [-0.3, -0.25) is 5.41 Å². The van der Waals surface area contributed by atoms with Gasteiger partial charge in [0, 0.05) is 6.92 Å². The van der Waals surface area contributed by atoms with E-state index in [1.54, 1.807) is 38.3 Å². The zero-order valence-corrected chi connectivity index (χ0v) is 17.8. The third-order valence-corrected chi connectivity index (χ3v) is 6.62. The summed E-state index contributed by atoms with van der Waals surface area (Å²) in [4.78, 5) is 0. The number of aryl methyl sites for hydroxylation is 1. The first-order chi connectivity index (χ1) is 15.4. The minimum Gasteiger partial charge on any atom is -0.497 e. The lowest BCUT2D eigenvalue weighted by molar-refractivity contribution is -0.251. The maximum atomic E-state index is 10.4. The van der Waals surface area contributed by atoms with Crippen LogP contribution >= 0.6 is 0 Å². The molecule has 0 amide bonds. The Bertz CT molecular complexity index is 1140. The van der Waals surface area contributed by atoms with Crippen LogP contribution in [0.25, 0.3) is 0 Å². The van der Waals surface area contributed by atoms with E-state index in [0.29, 0.717) is 24.2 Å². The highest BCUT2D eigenvalue weighted by atomic mass is 16.7. The van der Waals surface area contributed by atoms with Crippen LogP contribution in [0, 0.1) is 50.2 Å². The van der Waals surface area contributed by atoms with Gasteiger partial charge in [0.25, 0.3) is 0 Å². The van der Waals surface area contributed by atoms with Gasteiger partial charge in [0.15, 0.2) is 10.8 Å². The summed E-state index contributed by atoms with van der Waals surface area (Å²) in [5, 5.41) is 39.6. The van der Waals surface area contributed by atoms with Crippen molar-refractivity contribution in [2.75, 3.05) is 7.11 Å². The molecule has 32 heavy (non-hydrogen) atoms. The molecule has 2 aliphatic rings. The van der Waals surface area contributed by atoms with Crippen molar-refractivity contribution >= 4 is 5.90 Å². The molecule has 2 aromatic rings. The molecule has 160 valence electrons. The van der Waals surface area contributed by atoms with Crippen molar-refractivity contribution in [3.63, 3.8) is 0 Å². The smallest absolute Gasteiger partial charge is 0.218 e. The van der Waals surface area contributed by atoms with Crippen molar-refractivity contribution in [1.82, 2.24) is 0 Å². The van der Waals surface area contributed by atoms with Crippen molar-refractivity contribution in [1.29, 1.82) is 21.2 Å². The van der Waals surface area contributed by atoms with E-state index in [1.807, 2.05) is 30.3 Å². The lowest BCUT2D eigenvalue weighted by atomic mass is 9.52. The topological polar surface area (TPSA) is 123 Å². The van der Waals surface area contributed by atoms with Gasteiger partial charge in [0.2, 0.25) is 11.7 Å². The van der Waals surface area contributed by atoms with E-state index in [-0.39, 0.29) is 0 Å². The van der Waals surface area contributed by atoms with Gasteiger partial charge in [-0.2, -0.15) is 15.8 Å². The summed E-state index contributed by atoms with van der Waals surface area (Å²) in [5.74, 6) is -2.00. The molecule has 0 spiro atoms. The summed E-state index contributed by atoms with van der Waals surface area (Å²) < 4.78 is 17.4. The monoisotopic (exact) mass is 426 g/mol. The van der Waals surface area contributed by atoms with Crippen LogP contribution in [0.5, 0.6) is 5.75 Å². The molecule has 2 bridgehead atoms. The number of nitrogens with one attached hydrogen (secondary N) is 1. The average molecular weight is 426 g/mol. The molecule has 1 N–H and O–H groups in total. The lowest BCUT2D eigenvalue weighted by Gasteiger charge is -2.49. The molecule has 2 fully saturated rings. The van der Waals surface area contributed by atoms with E-state index < -0.39 is 34.5 Å². The van der Waals surface area contributed by atoms with Crippen molar-refractivity contribution < 1.29 is 14.2 Å². The van der Waals surface area contributed by atoms with Gasteiger partial charge < -0.3 is 14.2 Å². The second-order valence-electron chi connectivity index (χ2n) is 8.24. The fraction of sp³-hybridized carbons (Fsp3) is 0.360. The third-order valence-electron chi connectivity index (χ3n) is 6.62. The number of fused-ring (bicyclic) bond motifs is 2. The van der Waals surface area contributed by atoms with E-state index in [2.05, 4.69) is 18.2 Å². The molecule has 7 heteroatoms. The Labute approximate surface area is 186 Å². The zero-order valence-electron chi connectivity index (χ0n) is 17.8. The van der Waals surface area contributed by atoms with Gasteiger partial charge in [-0.05, 0) is 36.1 Å². The van der Waals surface area contributed by atoms with Crippen molar-refractivity contribution in [2.45, 2.75) is 37.6 Å². The molecule has 4 unspecified atom stereocenters. The van der Waals surface area contributed by atoms with Crippen LogP contribution in [0.2, 0.25) is 0 Å². The third kappa shape index (κ3) is 2.78. The summed E-state index contributed by atoms with van der Waals surface area (Å²) in [6, 6.07) is 23.0. The number of nitrogens with zero attached hydrogens (tertiary/aromatic N) is 3. The first-order valence-corrected chi connectivity index (χ1v) is 10.3. The SMILES string of the molecule is COc1ccc(C2C3(C)OC(=N)C2(C#N)C(C#N)(C#N)C(CCc2ccccc2)O3)cc1. The molecule has 2 saturated heterocycles. The fourth-order valence-corrected chi connectivity index (χ4v) is 5.11. The molecular weight excluding hydrogens is 404 g/mol. The standard InChI is InChI=1S/C25H22N4O3/c1-23-21(18-9-11-19(30-2)12-10-18)25(16-28,22(29)32-23)24(14-26,15-27)20(31-23)13-8-17-6-4-3-5-7-17/h3-7,9-12,20-21,29H,8,13H2,1-2H3. The minimum absolute atomic E-state index is 0.329. The Balaban J connectivity index is 1.83. The van der Waals surface area contributed by atoms with Crippen LogP contribution in [-0.2, 0) is 15.9 Å². The molecule has 0 saturated carbocycles. The lowest BCUT2D eigenvalue weighted by Crippen LogP contribution is -2.60. The number of ether oxygens (including phenoxy) is 3. The number of hydrogen-bond donors (Lipinski definition) is 1. The highest BCUT2D eigenvalue weighted by molar-refractivity contribution is 5.90. The predicted molar refractivity (Wildman–Crippen MR) is 114 cm³/mol. The van der Waals surface area contributed by atoms with E-state index in [1.165, 1.54) is 0 Å². The van der Waals surface area contributed by atoms with Crippen molar-refractivity contribution in [2.24, 2.45) is 10.8 Å². The van der Waals surface area contributed by atoms with Gasteiger partial charge in [0.05, 0.1) is 37.3 Å². The maximum Gasteiger partial charge on any atom is 0.218 e. The van der Waals surface area contributed by atoms with Crippen LogP contribution < -0.4 is 4.74 Å². The van der Waals surface area contributed by atoms with Gasteiger partial charge >= 0.3 is 0 Å². The number of rotatable bonds is 5. The van der Waals surface area contributed by atoms with E-state index in [9.17, 15) is 15.8 Å². The Morgan fingerprint density at radius 1 is 1.00 bits per heavy atom. The number of methoxy groups -OCH3 is 1. The molecule has 0 radical (unpaired) electrons. The molecule has 0 aromatic heterocycles. The molecule has 4 atom stereocenters. The summed E-state index contributed by atoms with van der Waals surface area (Å²) in [6.07, 6.45) is -0.0371. The minimum atomic E-state index is -1.92. The molecule has 0 aliphatic carbocycles. The Hall–Kier alpha value is -3.86. The van der Waals surface area contributed by atoms with Crippen molar-refractivity contribution in [3.8, 4) is 24.0 Å². The van der Waals surface area contributed by atoms with Crippen LogP contribution in [0.3, 0.4) is 0 Å². The summed E-state index contributed by atoms with van der Waals surface area (Å²) in [5.41, 5.74) is -2.08. The largest absolute Gasteiger partial charge is 0.497 e. The molecule has 4 rings (SSSR count). The first-order valence-electron chi connectivity index (χ1n) is 10.3. The zero-order chi connectivity index (χ0) is 23.0. The highest BCUT2D eigenvalue weighted by Crippen LogP contribution is 2.66. The summed E-state index contributed by atoms with van der Waals surface area (Å²) in [6.45, 7) is 1.67. The first kappa shape index (κ1) is 21.4. The normalized spacial score (nSPS) is 29.8. The number of nitriles is 3. The second kappa shape index (κ2) is 7.68. The van der Waals surface area contributed by atoms with Crippen LogP contribution in [0.4, 0.5) is 0 Å². The molecule has 7 nitrogen and oxygen atoms in total. The van der Waals surface area contributed by atoms with E-state index in [4.69, 9.17) is 19.6 Å². The van der Waals surface area contributed by atoms with Gasteiger partial charge in [-0.1, -0.05) is 42.5 Å². The van der Waals surface area contributed by atoms with Crippen LogP contribution in [0.1, 0.15) is 30.4 Å². The molecule has 2 aliphatic heterocycles. The Kier molecular flexibility index (Phi) is 5.13. The van der Waals surface area contributed by atoms with E-state index in [0.717, 1.165) is 5.56 Å². The average Bonchev–Trinajstić information content (AvgIpc) is 3.01. The fourth-order valence-electron chi connectivity index (χ4n) is 5.11. The Morgan fingerprint density at radius 3 is 2.22 bits per heavy atom. The number of hydrogen-bond acceptors (Lipinski definition) is 7. The molecular formula is C25H22N4O3. The summed E-state index contributed by atoms with van der Waals surface area (Å²) in [7, 11) is 1.55. The highest BCUT2D eigenvalue weighted by Gasteiger charge is 2.79. The summed E-state index contributed by atoms with van der Waals surface area (Å²) >= 11 is 0. The Morgan fingerprint density at radius 2 is 1.66 bits per heavy atom. The maximum absolute atomic E-state index is 10.4. The van der Waals surface area contributed by atoms with Gasteiger partial charge in [-0.15, -0.1) is 0 Å². The quantitative estimate of drug-likeness (QED) is 0.768. The van der Waals surface area contributed by atoms with E-state index >= 15 is 0 Å². The van der Waals surface area contributed by atoms with Crippen molar-refractivity contribution in [3.05, 3.63) is 65.7 Å². The van der Waals surface area contributed by atoms with Crippen LogP contribution in [0.15, 0.2) is 54.6 Å². The van der Waals surface area contributed by atoms with Crippen LogP contribution in [-0.4, -0.2) is 24.9 Å². The van der Waals surface area contributed by atoms with Gasteiger partial charge in [0.1, 0.15) is 5.75 Å².